The summed E-state index contributed by atoms with van der Waals surface area (Å²) in [6, 6.07) is 2.09. The number of carbonyl (C=O) groups is 2. The molecule has 2 aromatic rings. The highest BCUT2D eigenvalue weighted by Crippen LogP contribution is 2.47. The van der Waals surface area contributed by atoms with E-state index >= 15 is 0 Å². The van der Waals surface area contributed by atoms with Crippen LogP contribution in [-0.4, -0.2) is 85.4 Å². The van der Waals surface area contributed by atoms with Crippen LogP contribution in [0.15, 0.2) is 52.4 Å². The van der Waals surface area contributed by atoms with E-state index in [0.717, 1.165) is 5.57 Å². The second kappa shape index (κ2) is 13.3. The van der Waals surface area contributed by atoms with Crippen molar-refractivity contribution in [1.29, 1.82) is 0 Å². The zero-order valence-electron chi connectivity index (χ0n) is 23.7. The summed E-state index contributed by atoms with van der Waals surface area (Å²) in [6.07, 6.45) is 2.96. The molecule has 3 amide bonds. The van der Waals surface area contributed by atoms with Crippen molar-refractivity contribution in [1.82, 2.24) is 25.3 Å². The van der Waals surface area contributed by atoms with Gasteiger partial charge in [-0.2, -0.15) is 5.10 Å². The van der Waals surface area contributed by atoms with Crippen LogP contribution in [0.3, 0.4) is 0 Å². The maximum atomic E-state index is 14.2. The van der Waals surface area contributed by atoms with Gasteiger partial charge in [0.2, 0.25) is 11.9 Å². The molecule has 0 radical (unpaired) electrons. The molecule has 1 fully saturated rings. The normalized spacial score (nSPS) is 19.2. The third-order valence-electron chi connectivity index (χ3n) is 6.67. The van der Waals surface area contributed by atoms with Crippen molar-refractivity contribution in [3.05, 3.63) is 58.1 Å². The van der Waals surface area contributed by atoms with Gasteiger partial charge in [-0.25, -0.2) is 14.8 Å². The average Bonchev–Trinajstić information content (AvgIpc) is 3.60. The third-order valence-corrected chi connectivity index (χ3v) is 7.40. The molecule has 1 aromatic heterocycles. The number of carbonyl (C=O) groups excluding carboxylic acids is 2. The Kier molecular flexibility index (Phi) is 9.76. The number of halogens is 2. The maximum absolute atomic E-state index is 14.2. The zero-order chi connectivity index (χ0) is 30.6. The molecule has 2 aliphatic heterocycles. The van der Waals surface area contributed by atoms with Crippen molar-refractivity contribution in [2.24, 2.45) is 17.0 Å². The van der Waals surface area contributed by atoms with Crippen molar-refractivity contribution in [3.8, 4) is 11.5 Å². The summed E-state index contributed by atoms with van der Waals surface area (Å²) in [5, 5.41) is 10.7. The Labute approximate surface area is 253 Å². The number of amides is 3. The van der Waals surface area contributed by atoms with E-state index < -0.39 is 12.1 Å². The van der Waals surface area contributed by atoms with Gasteiger partial charge in [-0.3, -0.25) is 19.3 Å². The van der Waals surface area contributed by atoms with Gasteiger partial charge in [-0.1, -0.05) is 29.8 Å². The van der Waals surface area contributed by atoms with Crippen LogP contribution < -0.4 is 25.0 Å². The van der Waals surface area contributed by atoms with Gasteiger partial charge in [0.05, 0.1) is 64.0 Å². The Morgan fingerprint density at radius 3 is 2.52 bits per heavy atom. The largest absolute Gasteiger partial charge is 0.495 e. The topological polar surface area (TPSA) is 135 Å². The first-order valence-electron chi connectivity index (χ1n) is 12.8. The molecule has 1 aromatic carbocycles. The summed E-state index contributed by atoms with van der Waals surface area (Å²) in [5.41, 5.74) is 1.60. The molecule has 2 aliphatic rings. The second-order valence-electron chi connectivity index (χ2n) is 9.48. The van der Waals surface area contributed by atoms with Gasteiger partial charge in [0.1, 0.15) is 27.4 Å². The number of guanidine groups is 1. The van der Waals surface area contributed by atoms with Crippen LogP contribution in [0.1, 0.15) is 12.6 Å². The number of aryl methyl sites for hydroxylation is 1. The first kappa shape index (κ1) is 30.9. The van der Waals surface area contributed by atoms with Gasteiger partial charge >= 0.3 is 6.03 Å². The Hall–Kier alpha value is -4.07. The van der Waals surface area contributed by atoms with E-state index in [4.69, 9.17) is 37.4 Å². The van der Waals surface area contributed by atoms with E-state index in [1.807, 2.05) is 6.92 Å². The van der Waals surface area contributed by atoms with Crippen molar-refractivity contribution in [2.75, 3.05) is 38.9 Å². The van der Waals surface area contributed by atoms with Crippen LogP contribution in [0.2, 0.25) is 10.0 Å². The van der Waals surface area contributed by atoms with Crippen LogP contribution in [0.5, 0.6) is 11.5 Å². The summed E-state index contributed by atoms with van der Waals surface area (Å²) in [5.74, 6) is 0.829. The Morgan fingerprint density at radius 1 is 1.26 bits per heavy atom. The summed E-state index contributed by atoms with van der Waals surface area (Å²) >= 11 is 13.4. The van der Waals surface area contributed by atoms with Crippen LogP contribution in [0.4, 0.5) is 10.5 Å². The molecule has 42 heavy (non-hydrogen) atoms. The van der Waals surface area contributed by atoms with Gasteiger partial charge in [0.15, 0.2) is 0 Å². The predicted molar refractivity (Wildman–Crippen MR) is 161 cm³/mol. The lowest BCUT2D eigenvalue weighted by Gasteiger charge is -2.38. The van der Waals surface area contributed by atoms with Gasteiger partial charge in [0, 0.05) is 19.3 Å². The van der Waals surface area contributed by atoms with Gasteiger partial charge in [0.25, 0.3) is 0 Å². The highest BCUT2D eigenvalue weighted by atomic mass is 35.5. The van der Waals surface area contributed by atoms with Gasteiger partial charge in [-0.05, 0) is 31.4 Å². The molecular weight excluding hydrogens is 587 g/mol. The number of nitrogens with one attached hydrogen (secondary N) is 2. The number of aliphatic imine (C=N–C) groups is 2. The monoisotopic (exact) mass is 618 g/mol. The van der Waals surface area contributed by atoms with Gasteiger partial charge in [-0.15, -0.1) is 0 Å². The second-order valence-corrected chi connectivity index (χ2v) is 10.2. The summed E-state index contributed by atoms with van der Waals surface area (Å²) in [6.45, 7) is 9.74. The van der Waals surface area contributed by atoms with Crippen molar-refractivity contribution >= 4 is 53.5 Å². The molecule has 15 heteroatoms. The van der Waals surface area contributed by atoms with E-state index in [0.29, 0.717) is 23.0 Å². The predicted octanol–water partition coefficient (Wildman–Crippen LogP) is 3.13. The fourth-order valence-electron chi connectivity index (χ4n) is 4.59. The number of rotatable bonds is 9. The number of hydrogen-bond acceptors (Lipinski definition) is 7. The SMILES string of the molecule is C=CC(=O)NC1COCC1N=C(N=C)NC1=C(C)CN(c2c(Cl)c(OC)cc(OC)c2Cl)C(=O)N1Cc1ccn(C)n1. The average molecular weight is 620 g/mol. The number of ether oxygens (including phenoxy) is 3. The molecule has 0 aliphatic carbocycles. The van der Waals surface area contributed by atoms with E-state index in [9.17, 15) is 9.59 Å². The highest BCUT2D eigenvalue weighted by molar-refractivity contribution is 6.41. The molecule has 224 valence electrons. The molecular formula is C27H32Cl2N8O5. The molecule has 3 heterocycles. The number of urea groups is 1. The fraction of sp³-hybridized carbons (Fsp3) is 0.370. The minimum Gasteiger partial charge on any atom is -0.495 e. The number of nitrogens with zero attached hydrogens (tertiary/aromatic N) is 6. The standard InChI is InChI=1S/C27H32Cl2N8O5/c1-7-21(38)31-17-13-42-14-18(17)32-26(30-3)33-25-15(2)11-36(27(39)37(25)12-16-8-9-35(4)34-16)24-22(28)19(40-5)10-20(41-6)23(24)29/h7-10,17-18H,1,3,11-14H2,2,4-6H3,(H,31,38)(H,32,33). The molecule has 1 saturated heterocycles. The number of methoxy groups -OCH3 is 2. The first-order valence-corrected chi connectivity index (χ1v) is 13.6. The summed E-state index contributed by atoms with van der Waals surface area (Å²) in [7, 11) is 4.71. The van der Waals surface area contributed by atoms with Crippen LogP contribution in [0, 0.1) is 0 Å². The fourth-order valence-corrected chi connectivity index (χ4v) is 5.30. The minimum atomic E-state index is -0.448. The van der Waals surface area contributed by atoms with Crippen LogP contribution >= 0.6 is 23.2 Å². The molecule has 0 spiro atoms. The molecule has 2 unspecified atom stereocenters. The molecule has 4 rings (SSSR count). The number of benzene rings is 1. The lowest BCUT2D eigenvalue weighted by Crippen LogP contribution is -2.52. The van der Waals surface area contributed by atoms with E-state index in [1.165, 1.54) is 30.1 Å². The lowest BCUT2D eigenvalue weighted by atomic mass is 10.1. The maximum Gasteiger partial charge on any atom is 0.330 e. The van der Waals surface area contributed by atoms with Crippen molar-refractivity contribution < 1.29 is 23.8 Å². The molecule has 2 N–H and O–H groups in total. The third kappa shape index (κ3) is 6.37. The van der Waals surface area contributed by atoms with Crippen LogP contribution in [0.25, 0.3) is 0 Å². The lowest BCUT2D eigenvalue weighted by molar-refractivity contribution is -0.117. The molecule has 0 bridgehead atoms. The molecule has 2 atom stereocenters. The van der Waals surface area contributed by atoms with E-state index in [2.05, 4.69) is 39.0 Å². The van der Waals surface area contributed by atoms with E-state index in [-0.39, 0.29) is 59.9 Å². The Balaban J connectivity index is 1.74. The summed E-state index contributed by atoms with van der Waals surface area (Å²) in [4.78, 5) is 37.7. The number of anilines is 1. The van der Waals surface area contributed by atoms with E-state index in [1.54, 1.807) is 30.1 Å². The smallest absolute Gasteiger partial charge is 0.330 e. The Morgan fingerprint density at radius 2 is 1.95 bits per heavy atom. The molecule has 13 nitrogen and oxygen atoms in total. The molecule has 0 saturated carbocycles. The first-order chi connectivity index (χ1) is 20.1. The Bertz CT molecular complexity index is 1430. The van der Waals surface area contributed by atoms with Crippen molar-refractivity contribution in [2.45, 2.75) is 25.6 Å². The van der Waals surface area contributed by atoms with Crippen LogP contribution in [-0.2, 0) is 23.1 Å². The van der Waals surface area contributed by atoms with Gasteiger partial charge < -0.3 is 24.8 Å². The number of aromatic nitrogens is 2. The minimum absolute atomic E-state index is 0.0984. The van der Waals surface area contributed by atoms with Crippen molar-refractivity contribution in [3.63, 3.8) is 0 Å². The highest BCUT2D eigenvalue weighted by Gasteiger charge is 2.37. The zero-order valence-corrected chi connectivity index (χ0v) is 25.2. The number of hydrogen-bond donors (Lipinski definition) is 2. The summed E-state index contributed by atoms with van der Waals surface area (Å²) < 4.78 is 18.0. The quantitative estimate of drug-likeness (QED) is 0.250.